The number of benzene rings is 1. The van der Waals surface area contributed by atoms with Crippen molar-refractivity contribution < 1.29 is 9.53 Å². The largest absolute Gasteiger partial charge is 0.490 e. The molecule has 0 bridgehead atoms. The third kappa shape index (κ3) is 3.12. The molecule has 3 aromatic heterocycles. The number of anilines is 1. The van der Waals surface area contributed by atoms with Gasteiger partial charge in [-0.25, -0.2) is 15.0 Å². The Morgan fingerprint density at radius 3 is 2.72 bits per heavy atom. The van der Waals surface area contributed by atoms with E-state index < -0.39 is 0 Å². The summed E-state index contributed by atoms with van der Waals surface area (Å²) in [6, 6.07) is 8.15. The highest BCUT2D eigenvalue weighted by molar-refractivity contribution is 5.95. The van der Waals surface area contributed by atoms with Gasteiger partial charge in [0, 0.05) is 17.9 Å². The van der Waals surface area contributed by atoms with Crippen molar-refractivity contribution >= 4 is 22.9 Å². The highest BCUT2D eigenvalue weighted by Crippen LogP contribution is 2.41. The number of aromatic nitrogens is 6. The third-order valence-electron chi connectivity index (χ3n) is 6.39. The summed E-state index contributed by atoms with van der Waals surface area (Å²) in [5, 5.41) is 7.73. The zero-order valence-electron chi connectivity index (χ0n) is 17.7. The van der Waals surface area contributed by atoms with E-state index in [-0.39, 0.29) is 11.8 Å². The van der Waals surface area contributed by atoms with Crippen molar-refractivity contribution in [2.24, 2.45) is 0 Å². The van der Waals surface area contributed by atoms with E-state index in [0.29, 0.717) is 35.3 Å². The number of hydrogen-bond donors (Lipinski definition) is 2. The summed E-state index contributed by atoms with van der Waals surface area (Å²) in [7, 11) is 0. The maximum atomic E-state index is 12.7. The van der Waals surface area contributed by atoms with Crippen LogP contribution in [0.3, 0.4) is 0 Å². The van der Waals surface area contributed by atoms with Crippen molar-refractivity contribution in [3.05, 3.63) is 53.7 Å². The number of ether oxygens (including phenoxy) is 1. The zero-order valence-corrected chi connectivity index (χ0v) is 17.7. The monoisotopic (exact) mass is 429 g/mol. The number of aryl methyl sites for hydroxylation is 1. The number of fused-ring (bicyclic) bond motifs is 2. The smallest absolute Gasteiger partial charge is 0.226 e. The van der Waals surface area contributed by atoms with E-state index in [0.717, 1.165) is 35.4 Å². The summed E-state index contributed by atoms with van der Waals surface area (Å²) in [6.45, 7) is 1.96. The van der Waals surface area contributed by atoms with Crippen LogP contribution in [0, 0.1) is 6.92 Å². The molecule has 1 aliphatic heterocycles. The predicted octanol–water partition coefficient (Wildman–Crippen LogP) is 3.64. The lowest BCUT2D eigenvalue weighted by atomic mass is 9.86. The molecule has 9 heteroatoms. The second kappa shape index (κ2) is 7.44. The first-order valence-electron chi connectivity index (χ1n) is 11.0. The van der Waals surface area contributed by atoms with Crippen LogP contribution in [0.4, 0.5) is 5.82 Å². The fourth-order valence-corrected chi connectivity index (χ4v) is 4.88. The Labute approximate surface area is 184 Å². The van der Waals surface area contributed by atoms with Crippen LogP contribution < -0.4 is 10.1 Å². The fourth-order valence-electron chi connectivity index (χ4n) is 4.88. The Bertz CT molecular complexity index is 1300. The van der Waals surface area contributed by atoms with Crippen molar-refractivity contribution in [1.82, 2.24) is 29.7 Å². The lowest BCUT2D eigenvalue weighted by Gasteiger charge is -2.24. The number of nitrogens with one attached hydrogen (secondary N) is 2. The number of hydrogen-bond acceptors (Lipinski definition) is 6. The van der Waals surface area contributed by atoms with Crippen LogP contribution in [0.25, 0.3) is 17.0 Å². The summed E-state index contributed by atoms with van der Waals surface area (Å²) in [5.74, 6) is 1.94. The fraction of sp³-hybridized carbons (Fsp3) is 0.348. The standard InChI is InChI=1S/C23H23N7O2/c1-13-19-17(14-6-8-16(9-7-14)32-15-4-2-3-5-15)10-18(31)28-22(19)30(29-13)23-20-21(25-11-24-20)26-12-27-23/h6-9,11-12,15,17H,2-5,10H2,1H3,(H,28,31)(H,24,25,26,27)/t17-/m0/s1. The molecule has 4 heterocycles. The average molecular weight is 429 g/mol. The molecule has 1 aromatic carbocycles. The van der Waals surface area contributed by atoms with Crippen molar-refractivity contribution in [2.75, 3.05) is 5.32 Å². The SMILES string of the molecule is Cc1nn(-c2ncnc3nc[nH]c23)c2c1[C@H](c1ccc(OC3CCCC3)cc1)CC(=O)N2. The molecule has 0 saturated heterocycles. The Morgan fingerprint density at radius 2 is 1.91 bits per heavy atom. The van der Waals surface area contributed by atoms with E-state index >= 15 is 0 Å². The molecular weight excluding hydrogens is 406 g/mol. The first kappa shape index (κ1) is 19.0. The first-order valence-corrected chi connectivity index (χ1v) is 11.0. The number of nitrogens with zero attached hydrogens (tertiary/aromatic N) is 5. The molecule has 1 saturated carbocycles. The minimum Gasteiger partial charge on any atom is -0.490 e. The van der Waals surface area contributed by atoms with Gasteiger partial charge in [-0.1, -0.05) is 12.1 Å². The number of carbonyl (C=O) groups excluding carboxylic acids is 1. The van der Waals surface area contributed by atoms with Gasteiger partial charge in [0.15, 0.2) is 11.5 Å². The molecule has 0 radical (unpaired) electrons. The molecule has 2 N–H and O–H groups in total. The highest BCUT2D eigenvalue weighted by Gasteiger charge is 2.33. The van der Waals surface area contributed by atoms with Gasteiger partial charge in [-0.3, -0.25) is 4.79 Å². The number of aromatic amines is 1. The predicted molar refractivity (Wildman–Crippen MR) is 118 cm³/mol. The van der Waals surface area contributed by atoms with Crippen molar-refractivity contribution in [3.8, 4) is 11.6 Å². The topological polar surface area (TPSA) is 111 Å². The molecule has 4 aromatic rings. The van der Waals surface area contributed by atoms with Crippen molar-refractivity contribution in [1.29, 1.82) is 0 Å². The normalized spacial score (nSPS) is 18.7. The lowest BCUT2D eigenvalue weighted by molar-refractivity contribution is -0.116. The average Bonchev–Trinajstić information content (AvgIpc) is 3.54. The molecule has 0 unspecified atom stereocenters. The minimum absolute atomic E-state index is 0.0511. The summed E-state index contributed by atoms with van der Waals surface area (Å²) >= 11 is 0. The van der Waals surface area contributed by atoms with Crippen LogP contribution in [0.2, 0.25) is 0 Å². The third-order valence-corrected chi connectivity index (χ3v) is 6.39. The van der Waals surface area contributed by atoms with Crippen LogP contribution in [-0.4, -0.2) is 41.7 Å². The molecule has 6 rings (SSSR count). The maximum absolute atomic E-state index is 12.7. The quantitative estimate of drug-likeness (QED) is 0.512. The number of rotatable bonds is 4. The van der Waals surface area contributed by atoms with Crippen LogP contribution in [0.5, 0.6) is 5.75 Å². The molecule has 2 aliphatic rings. The van der Waals surface area contributed by atoms with Gasteiger partial charge in [0.05, 0.1) is 18.1 Å². The van der Waals surface area contributed by atoms with Gasteiger partial charge in [-0.05, 0) is 50.3 Å². The van der Waals surface area contributed by atoms with Crippen molar-refractivity contribution in [2.45, 2.75) is 51.0 Å². The molecule has 0 spiro atoms. The molecule has 9 nitrogen and oxygen atoms in total. The first-order chi connectivity index (χ1) is 15.7. The second-order valence-corrected chi connectivity index (χ2v) is 8.46. The Balaban J connectivity index is 1.38. The van der Waals surface area contributed by atoms with Gasteiger partial charge < -0.3 is 15.0 Å². The van der Waals surface area contributed by atoms with E-state index in [9.17, 15) is 4.79 Å². The molecule has 1 amide bonds. The van der Waals surface area contributed by atoms with E-state index in [1.165, 1.54) is 19.2 Å². The number of carbonyl (C=O) groups is 1. The lowest BCUT2D eigenvalue weighted by Crippen LogP contribution is -2.25. The molecular formula is C23H23N7O2. The Kier molecular flexibility index (Phi) is 4.41. The van der Waals surface area contributed by atoms with E-state index in [2.05, 4.69) is 37.4 Å². The highest BCUT2D eigenvalue weighted by atomic mass is 16.5. The summed E-state index contributed by atoms with van der Waals surface area (Å²) in [4.78, 5) is 28.5. The van der Waals surface area contributed by atoms with Crippen molar-refractivity contribution in [3.63, 3.8) is 0 Å². The Hall–Kier alpha value is -3.75. The van der Waals surface area contributed by atoms with E-state index in [1.807, 2.05) is 19.1 Å². The van der Waals surface area contributed by atoms with Gasteiger partial charge in [0.2, 0.25) is 5.91 Å². The maximum Gasteiger partial charge on any atom is 0.226 e. The van der Waals surface area contributed by atoms with Crippen LogP contribution in [0.1, 0.15) is 54.8 Å². The van der Waals surface area contributed by atoms with Gasteiger partial charge in [-0.2, -0.15) is 9.78 Å². The van der Waals surface area contributed by atoms with Gasteiger partial charge >= 0.3 is 0 Å². The summed E-state index contributed by atoms with van der Waals surface area (Å²) in [5.41, 5.74) is 4.14. The van der Waals surface area contributed by atoms with Gasteiger partial charge in [0.25, 0.3) is 0 Å². The molecule has 1 aliphatic carbocycles. The molecule has 1 fully saturated rings. The van der Waals surface area contributed by atoms with E-state index in [1.54, 1.807) is 11.0 Å². The Morgan fingerprint density at radius 1 is 1.09 bits per heavy atom. The van der Waals surface area contributed by atoms with E-state index in [4.69, 9.17) is 9.84 Å². The molecule has 32 heavy (non-hydrogen) atoms. The zero-order chi connectivity index (χ0) is 21.7. The van der Waals surface area contributed by atoms with Crippen LogP contribution in [0.15, 0.2) is 36.9 Å². The number of imidazole rings is 1. The summed E-state index contributed by atoms with van der Waals surface area (Å²) < 4.78 is 7.78. The van der Waals surface area contributed by atoms with Crippen LogP contribution >= 0.6 is 0 Å². The second-order valence-electron chi connectivity index (χ2n) is 8.46. The number of H-pyrrole nitrogens is 1. The number of amides is 1. The summed E-state index contributed by atoms with van der Waals surface area (Å²) in [6.07, 6.45) is 8.44. The van der Waals surface area contributed by atoms with Gasteiger partial charge in [0.1, 0.15) is 23.4 Å². The van der Waals surface area contributed by atoms with Gasteiger partial charge in [-0.15, -0.1) is 0 Å². The minimum atomic E-state index is -0.0906. The molecule has 1 atom stereocenters. The van der Waals surface area contributed by atoms with Crippen LogP contribution in [-0.2, 0) is 4.79 Å². The molecule has 162 valence electrons.